The van der Waals surface area contributed by atoms with Gasteiger partial charge in [0.15, 0.2) is 0 Å². The van der Waals surface area contributed by atoms with E-state index in [2.05, 4.69) is 34.3 Å². The molecule has 5 rings (SSSR count). The van der Waals surface area contributed by atoms with Gasteiger partial charge in [-0.2, -0.15) is 0 Å². The topological polar surface area (TPSA) is 55.9 Å². The van der Waals surface area contributed by atoms with Gasteiger partial charge >= 0.3 is 0 Å². The summed E-state index contributed by atoms with van der Waals surface area (Å²) in [7, 11) is 2.14. The number of halogens is 1. The Morgan fingerprint density at radius 3 is 2.41 bits per heavy atom. The molecule has 0 spiro atoms. The van der Waals surface area contributed by atoms with Gasteiger partial charge in [0.05, 0.1) is 23.8 Å². The molecule has 192 valence electrons. The number of carbonyl (C=O) groups is 2. The third-order valence-corrected chi connectivity index (χ3v) is 7.27. The first-order valence-corrected chi connectivity index (χ1v) is 12.9. The maximum Gasteiger partial charge on any atom is 0.232 e. The smallest absolute Gasteiger partial charge is 0.232 e. The minimum atomic E-state index is -0.531. The Kier molecular flexibility index (Phi) is 7.51. The molecule has 0 saturated carbocycles. The number of piperazine rings is 1. The van der Waals surface area contributed by atoms with Crippen LogP contribution in [0.4, 0.5) is 21.5 Å². The fraction of sp³-hybridized carbons (Fsp3) is 0.333. The third kappa shape index (κ3) is 6.00. The molecule has 3 aromatic carbocycles. The van der Waals surface area contributed by atoms with Crippen LogP contribution in [0.2, 0.25) is 0 Å². The number of likely N-dealkylation sites (N-methyl/N-ethyl adjacent to an activating group) is 1. The lowest BCUT2D eigenvalue weighted by atomic mass is 9.96. The predicted molar refractivity (Wildman–Crippen MR) is 145 cm³/mol. The maximum absolute atomic E-state index is 14.2. The first-order valence-electron chi connectivity index (χ1n) is 12.9. The summed E-state index contributed by atoms with van der Waals surface area (Å²) in [5.41, 5.74) is 4.26. The van der Waals surface area contributed by atoms with E-state index in [9.17, 15) is 14.0 Å². The van der Waals surface area contributed by atoms with E-state index in [4.69, 9.17) is 0 Å². The summed E-state index contributed by atoms with van der Waals surface area (Å²) in [5, 5.41) is 3.27. The summed E-state index contributed by atoms with van der Waals surface area (Å²) >= 11 is 0. The Hall–Kier alpha value is -3.71. The van der Waals surface area contributed by atoms with E-state index in [1.165, 1.54) is 17.8 Å². The quantitative estimate of drug-likeness (QED) is 0.523. The van der Waals surface area contributed by atoms with E-state index >= 15 is 0 Å². The highest BCUT2D eigenvalue weighted by molar-refractivity contribution is 6.01. The van der Waals surface area contributed by atoms with Gasteiger partial charge in [0.2, 0.25) is 5.91 Å². The molecule has 0 bridgehead atoms. The molecule has 6 nitrogen and oxygen atoms in total. The Bertz CT molecular complexity index is 1240. The monoisotopic (exact) mass is 500 g/mol. The number of ketones is 1. The van der Waals surface area contributed by atoms with Crippen molar-refractivity contribution in [2.75, 3.05) is 54.9 Å². The van der Waals surface area contributed by atoms with Crippen molar-refractivity contribution in [3.05, 3.63) is 89.7 Å². The average molecular weight is 501 g/mol. The molecule has 3 aromatic rings. The Balaban J connectivity index is 1.27. The number of hydrogen-bond acceptors (Lipinski definition) is 5. The van der Waals surface area contributed by atoms with E-state index in [1.54, 1.807) is 11.0 Å². The number of nitrogens with zero attached hydrogens (tertiary/aromatic N) is 3. The zero-order chi connectivity index (χ0) is 25.8. The number of anilines is 3. The van der Waals surface area contributed by atoms with Gasteiger partial charge in [-0.3, -0.25) is 9.59 Å². The summed E-state index contributed by atoms with van der Waals surface area (Å²) in [6.07, 6.45) is 0.418. The molecule has 1 atom stereocenters. The summed E-state index contributed by atoms with van der Waals surface area (Å²) in [6, 6.07) is 22.2. The van der Waals surface area contributed by atoms with Gasteiger partial charge in [-0.15, -0.1) is 0 Å². The van der Waals surface area contributed by atoms with Gasteiger partial charge < -0.3 is 20.0 Å². The number of Topliss-reactive ketones (excluding diaryl/α,β-unsaturated/α-hetero) is 1. The van der Waals surface area contributed by atoms with E-state index in [0.717, 1.165) is 37.3 Å². The van der Waals surface area contributed by atoms with E-state index in [1.807, 2.05) is 42.5 Å². The standard InChI is InChI=1S/C30H33FN4O2/c1-33-13-15-34(16-14-33)26-10-7-22(8-11-26)17-27(36)18-24-20-32-28-12-9-25(31)19-29(28)35(30(24)37)21-23-5-3-2-4-6-23/h2-12,19,24,32H,13-18,20-21H2,1H3/t24-/m0/s1. The van der Waals surface area contributed by atoms with Gasteiger partial charge in [-0.25, -0.2) is 4.39 Å². The molecule has 37 heavy (non-hydrogen) atoms. The highest BCUT2D eigenvalue weighted by Gasteiger charge is 2.32. The lowest BCUT2D eigenvalue weighted by Crippen LogP contribution is -2.44. The van der Waals surface area contributed by atoms with Crippen LogP contribution in [0.25, 0.3) is 0 Å². The molecular formula is C30H33FN4O2. The summed E-state index contributed by atoms with van der Waals surface area (Å²) in [5.74, 6) is -1.08. The largest absolute Gasteiger partial charge is 0.383 e. The number of benzene rings is 3. The number of nitrogens with one attached hydrogen (secondary N) is 1. The van der Waals surface area contributed by atoms with Crippen LogP contribution in [0.15, 0.2) is 72.8 Å². The Morgan fingerprint density at radius 1 is 0.946 bits per heavy atom. The second-order valence-corrected chi connectivity index (χ2v) is 10.0. The number of rotatable bonds is 7. The van der Waals surface area contributed by atoms with Crippen LogP contribution in [0.1, 0.15) is 17.5 Å². The van der Waals surface area contributed by atoms with Crippen LogP contribution in [0.5, 0.6) is 0 Å². The van der Waals surface area contributed by atoms with E-state index < -0.39 is 11.7 Å². The molecular weight excluding hydrogens is 467 g/mol. The highest BCUT2D eigenvalue weighted by atomic mass is 19.1. The minimum Gasteiger partial charge on any atom is -0.383 e. The van der Waals surface area contributed by atoms with E-state index in [-0.39, 0.29) is 24.5 Å². The van der Waals surface area contributed by atoms with Crippen molar-refractivity contribution in [2.45, 2.75) is 19.4 Å². The minimum absolute atomic E-state index is 0.0179. The lowest BCUT2D eigenvalue weighted by molar-refractivity contribution is -0.127. The van der Waals surface area contributed by atoms with Crippen molar-refractivity contribution in [2.24, 2.45) is 5.92 Å². The van der Waals surface area contributed by atoms with E-state index in [0.29, 0.717) is 24.5 Å². The average Bonchev–Trinajstić information content (AvgIpc) is 3.02. The summed E-state index contributed by atoms with van der Waals surface area (Å²) in [6.45, 7) is 4.73. The van der Waals surface area contributed by atoms with Crippen molar-refractivity contribution in [1.82, 2.24) is 4.90 Å². The number of fused-ring (bicyclic) bond motifs is 1. The number of carbonyl (C=O) groups excluding carboxylic acids is 2. The Labute approximate surface area is 217 Å². The molecule has 7 heteroatoms. The lowest BCUT2D eigenvalue weighted by Gasteiger charge is -2.34. The van der Waals surface area contributed by atoms with Gasteiger partial charge in [-0.05, 0) is 48.5 Å². The van der Waals surface area contributed by atoms with Gasteiger partial charge in [0, 0.05) is 51.3 Å². The molecule has 1 fully saturated rings. The van der Waals surface area contributed by atoms with Gasteiger partial charge in [0.25, 0.3) is 0 Å². The first kappa shape index (κ1) is 25.0. The Morgan fingerprint density at radius 2 is 1.68 bits per heavy atom. The number of amides is 1. The first-order chi connectivity index (χ1) is 18.0. The van der Waals surface area contributed by atoms with Crippen LogP contribution in [-0.2, 0) is 22.6 Å². The SMILES string of the molecule is CN1CCN(c2ccc(CC(=O)C[C@H]3CNc4ccc(F)cc4N(Cc4ccccc4)C3=O)cc2)CC1. The zero-order valence-electron chi connectivity index (χ0n) is 21.2. The molecule has 1 amide bonds. The fourth-order valence-corrected chi connectivity index (χ4v) is 5.09. The molecule has 0 aliphatic carbocycles. The third-order valence-electron chi connectivity index (χ3n) is 7.27. The fourth-order valence-electron chi connectivity index (χ4n) is 5.09. The molecule has 2 heterocycles. The van der Waals surface area contributed by atoms with Crippen LogP contribution >= 0.6 is 0 Å². The van der Waals surface area contributed by atoms with Crippen molar-refractivity contribution in [3.63, 3.8) is 0 Å². The van der Waals surface area contributed by atoms with Crippen LogP contribution in [0, 0.1) is 11.7 Å². The van der Waals surface area contributed by atoms with Crippen LogP contribution in [-0.4, -0.2) is 56.4 Å². The molecule has 2 aliphatic rings. The van der Waals surface area contributed by atoms with Crippen LogP contribution < -0.4 is 15.1 Å². The van der Waals surface area contributed by atoms with Crippen molar-refractivity contribution < 1.29 is 14.0 Å². The highest BCUT2D eigenvalue weighted by Crippen LogP contribution is 2.33. The molecule has 2 aliphatic heterocycles. The van der Waals surface area contributed by atoms with Gasteiger partial charge in [0.1, 0.15) is 11.6 Å². The second kappa shape index (κ2) is 11.1. The molecule has 0 aromatic heterocycles. The van der Waals surface area contributed by atoms with Crippen molar-refractivity contribution >= 4 is 28.8 Å². The van der Waals surface area contributed by atoms with Crippen molar-refractivity contribution in [3.8, 4) is 0 Å². The zero-order valence-corrected chi connectivity index (χ0v) is 21.2. The molecule has 0 unspecified atom stereocenters. The van der Waals surface area contributed by atoms with Crippen LogP contribution in [0.3, 0.4) is 0 Å². The summed E-state index contributed by atoms with van der Waals surface area (Å²) < 4.78 is 14.2. The molecule has 0 radical (unpaired) electrons. The second-order valence-electron chi connectivity index (χ2n) is 10.0. The summed E-state index contributed by atoms with van der Waals surface area (Å²) in [4.78, 5) is 33.0. The maximum atomic E-state index is 14.2. The normalized spacial score (nSPS) is 18.2. The predicted octanol–water partition coefficient (Wildman–Crippen LogP) is 4.35. The van der Waals surface area contributed by atoms with Gasteiger partial charge in [-0.1, -0.05) is 42.5 Å². The number of hydrogen-bond donors (Lipinski definition) is 1. The van der Waals surface area contributed by atoms with Crippen molar-refractivity contribution in [1.29, 1.82) is 0 Å². The molecule has 1 N–H and O–H groups in total. The molecule has 1 saturated heterocycles.